The second-order valence-electron chi connectivity index (χ2n) is 8.79. The number of pyridine rings is 1. The van der Waals surface area contributed by atoms with Gasteiger partial charge in [0.05, 0.1) is 18.4 Å². The van der Waals surface area contributed by atoms with Gasteiger partial charge in [-0.15, -0.1) is 0 Å². The van der Waals surface area contributed by atoms with E-state index in [1.54, 1.807) is 43.0 Å². The van der Waals surface area contributed by atoms with Gasteiger partial charge in [-0.1, -0.05) is 37.6 Å². The molecule has 1 aromatic carbocycles. The number of benzene rings is 1. The third kappa shape index (κ3) is 6.06. The van der Waals surface area contributed by atoms with Crippen molar-refractivity contribution in [3.63, 3.8) is 0 Å². The second kappa shape index (κ2) is 11.1. The molecule has 1 aromatic heterocycles. The molecular formula is C24H27ClN4O6S. The first kappa shape index (κ1) is 27.2. The summed E-state index contributed by atoms with van der Waals surface area (Å²) in [5.74, 6) is -2.80. The number of carbonyl (C=O) groups excluding carboxylic acids is 1. The molecule has 0 radical (unpaired) electrons. The summed E-state index contributed by atoms with van der Waals surface area (Å²) in [6.45, 7) is 4.22. The number of carboxylic acids is 1. The van der Waals surface area contributed by atoms with E-state index in [4.69, 9.17) is 16.3 Å². The quantitative estimate of drug-likeness (QED) is 0.520. The molecule has 2 heterocycles. The van der Waals surface area contributed by atoms with E-state index < -0.39 is 27.8 Å². The smallest absolute Gasteiger partial charge is 0.341 e. The van der Waals surface area contributed by atoms with Crippen molar-refractivity contribution in [3.05, 3.63) is 51.5 Å². The lowest BCUT2D eigenvalue weighted by molar-refractivity contribution is -0.123. The number of rotatable bonds is 8. The molecule has 0 atom stereocenters. The number of nitrogens with zero attached hydrogens (tertiary/aromatic N) is 3. The van der Waals surface area contributed by atoms with Gasteiger partial charge in [0, 0.05) is 24.0 Å². The Morgan fingerprint density at radius 2 is 1.89 bits per heavy atom. The van der Waals surface area contributed by atoms with Crippen LogP contribution in [0.3, 0.4) is 0 Å². The molecule has 10 nitrogen and oxygen atoms in total. The number of nitrogens with one attached hydrogen (secondary N) is 1. The van der Waals surface area contributed by atoms with Crippen LogP contribution in [0.5, 0.6) is 5.88 Å². The maximum atomic E-state index is 12.7. The highest BCUT2D eigenvalue weighted by atomic mass is 35.5. The van der Waals surface area contributed by atoms with Gasteiger partial charge in [0.15, 0.2) is 5.82 Å². The molecule has 1 fully saturated rings. The molecule has 0 spiro atoms. The predicted octanol–water partition coefficient (Wildman–Crippen LogP) is 3.30. The molecule has 1 aliphatic rings. The van der Waals surface area contributed by atoms with E-state index >= 15 is 0 Å². The molecule has 0 bridgehead atoms. The Bertz CT molecular complexity index is 1300. The number of carbonyl (C=O) groups is 2. The number of aromatic nitrogens is 1. The maximum Gasteiger partial charge on any atom is 0.341 e. The average molecular weight is 535 g/mol. The fraction of sp³-hybridized carbons (Fsp3) is 0.417. The number of carboxylic acid groups (broad SMARTS) is 1. The first-order valence-corrected chi connectivity index (χ1v) is 13.3. The van der Waals surface area contributed by atoms with E-state index in [1.165, 1.54) is 7.11 Å². The third-order valence-electron chi connectivity index (χ3n) is 5.97. The minimum atomic E-state index is -3.89. The zero-order chi connectivity index (χ0) is 26.6. The fourth-order valence-corrected chi connectivity index (χ4v) is 5.57. The number of aromatic carboxylic acids is 1. The predicted molar refractivity (Wildman–Crippen MR) is 134 cm³/mol. The summed E-state index contributed by atoms with van der Waals surface area (Å²) in [4.78, 5) is 30.7. The normalized spacial score (nSPS) is 14.4. The molecule has 1 saturated heterocycles. The number of hydrogen-bond donors (Lipinski definition) is 2. The monoisotopic (exact) mass is 534 g/mol. The summed E-state index contributed by atoms with van der Waals surface area (Å²) in [7, 11) is -2.58. The van der Waals surface area contributed by atoms with Crippen molar-refractivity contribution < 1.29 is 27.9 Å². The standard InChI is InChI=1S/C24H27ClN4O6S/c1-14(2)19-18(12-26)21(27-23(35-3)20(19)24(31)32)29-10-8-16(9-11-29)22(30)28-36(33,34)13-15-4-6-17(25)7-5-15/h4-7,14,16H,8-11,13H2,1-3H3,(H,28,30)(H,31,32). The van der Waals surface area contributed by atoms with Crippen molar-refractivity contribution >= 4 is 39.3 Å². The van der Waals surface area contributed by atoms with Crippen molar-refractivity contribution in [2.24, 2.45) is 5.92 Å². The highest BCUT2D eigenvalue weighted by Gasteiger charge is 2.33. The van der Waals surface area contributed by atoms with E-state index in [-0.39, 0.29) is 34.5 Å². The lowest BCUT2D eigenvalue weighted by Crippen LogP contribution is -2.43. The summed E-state index contributed by atoms with van der Waals surface area (Å²) in [6, 6.07) is 8.42. The van der Waals surface area contributed by atoms with Crippen molar-refractivity contribution in [2.75, 3.05) is 25.1 Å². The molecule has 12 heteroatoms. The van der Waals surface area contributed by atoms with Crippen LogP contribution in [0, 0.1) is 17.2 Å². The Labute approximate surface area is 214 Å². The average Bonchev–Trinajstić information content (AvgIpc) is 2.83. The van der Waals surface area contributed by atoms with Crippen LogP contribution in [0.4, 0.5) is 5.82 Å². The van der Waals surface area contributed by atoms with Crippen LogP contribution in [0.15, 0.2) is 24.3 Å². The van der Waals surface area contributed by atoms with Crippen LogP contribution in [0.1, 0.15) is 59.7 Å². The van der Waals surface area contributed by atoms with Gasteiger partial charge in [0.2, 0.25) is 21.8 Å². The number of anilines is 1. The van der Waals surface area contributed by atoms with Gasteiger partial charge in [0.1, 0.15) is 11.6 Å². The number of nitriles is 1. The Balaban J connectivity index is 1.76. The molecule has 192 valence electrons. The summed E-state index contributed by atoms with van der Waals surface area (Å²) in [6.07, 6.45) is 0.656. The molecule has 1 amide bonds. The van der Waals surface area contributed by atoms with Crippen molar-refractivity contribution in [1.82, 2.24) is 9.71 Å². The lowest BCUT2D eigenvalue weighted by Gasteiger charge is -2.33. The first-order valence-electron chi connectivity index (χ1n) is 11.3. The summed E-state index contributed by atoms with van der Waals surface area (Å²) < 4.78 is 32.4. The molecule has 1 aliphatic heterocycles. The number of methoxy groups -OCH3 is 1. The van der Waals surface area contributed by atoms with E-state index in [9.17, 15) is 28.4 Å². The number of sulfonamides is 1. The number of piperidine rings is 1. The SMILES string of the molecule is COc1nc(N2CCC(C(=O)NS(=O)(=O)Cc3ccc(Cl)cc3)CC2)c(C#N)c(C(C)C)c1C(=O)O. The van der Waals surface area contributed by atoms with Crippen molar-refractivity contribution in [3.8, 4) is 11.9 Å². The topological polar surface area (TPSA) is 150 Å². The highest BCUT2D eigenvalue weighted by Crippen LogP contribution is 2.36. The number of halogens is 1. The Kier molecular flexibility index (Phi) is 8.43. The zero-order valence-electron chi connectivity index (χ0n) is 20.1. The summed E-state index contributed by atoms with van der Waals surface area (Å²) in [5.41, 5.74) is 0.842. The van der Waals surface area contributed by atoms with Gasteiger partial charge in [-0.3, -0.25) is 9.52 Å². The van der Waals surface area contributed by atoms with Crippen LogP contribution in [-0.4, -0.2) is 50.6 Å². The van der Waals surface area contributed by atoms with Gasteiger partial charge in [-0.2, -0.15) is 10.2 Å². The second-order valence-corrected chi connectivity index (χ2v) is 11.0. The van der Waals surface area contributed by atoms with Crippen LogP contribution in [0.25, 0.3) is 0 Å². The van der Waals surface area contributed by atoms with Gasteiger partial charge < -0.3 is 14.7 Å². The van der Waals surface area contributed by atoms with Crippen LogP contribution in [0.2, 0.25) is 5.02 Å². The molecule has 0 aliphatic carbocycles. The Morgan fingerprint density at radius 3 is 2.39 bits per heavy atom. The lowest BCUT2D eigenvalue weighted by atomic mass is 9.91. The summed E-state index contributed by atoms with van der Waals surface area (Å²) >= 11 is 5.83. The molecule has 0 unspecified atom stereocenters. The minimum absolute atomic E-state index is 0.0895. The molecule has 3 rings (SSSR count). The molecular weight excluding hydrogens is 508 g/mol. The molecule has 2 N–H and O–H groups in total. The minimum Gasteiger partial charge on any atom is -0.480 e. The Morgan fingerprint density at radius 1 is 1.28 bits per heavy atom. The largest absolute Gasteiger partial charge is 0.480 e. The van der Waals surface area contributed by atoms with E-state index in [1.807, 2.05) is 0 Å². The van der Waals surface area contributed by atoms with E-state index in [0.717, 1.165) is 0 Å². The zero-order valence-corrected chi connectivity index (χ0v) is 21.7. The molecule has 36 heavy (non-hydrogen) atoms. The van der Waals surface area contributed by atoms with Crippen LogP contribution >= 0.6 is 11.6 Å². The molecule has 0 saturated carbocycles. The van der Waals surface area contributed by atoms with Gasteiger partial charge in [0.25, 0.3) is 0 Å². The van der Waals surface area contributed by atoms with Gasteiger partial charge in [-0.05, 0) is 42.0 Å². The number of amides is 1. The van der Waals surface area contributed by atoms with Crippen LogP contribution in [-0.2, 0) is 20.6 Å². The fourth-order valence-electron chi connectivity index (χ4n) is 4.27. The van der Waals surface area contributed by atoms with Gasteiger partial charge >= 0.3 is 5.97 Å². The van der Waals surface area contributed by atoms with Gasteiger partial charge in [-0.25, -0.2) is 13.2 Å². The Hall–Kier alpha value is -3.36. The maximum absolute atomic E-state index is 12.7. The summed E-state index contributed by atoms with van der Waals surface area (Å²) in [5, 5.41) is 20.0. The highest BCUT2D eigenvalue weighted by molar-refractivity contribution is 7.89. The number of ether oxygens (including phenoxy) is 1. The number of hydrogen-bond acceptors (Lipinski definition) is 8. The van der Waals surface area contributed by atoms with Crippen molar-refractivity contribution in [2.45, 2.75) is 38.4 Å². The first-order chi connectivity index (χ1) is 17.0. The molecule has 2 aromatic rings. The van der Waals surface area contributed by atoms with E-state index in [0.29, 0.717) is 42.1 Å². The third-order valence-corrected chi connectivity index (χ3v) is 7.45. The van der Waals surface area contributed by atoms with Crippen molar-refractivity contribution in [1.29, 1.82) is 5.26 Å². The van der Waals surface area contributed by atoms with E-state index in [2.05, 4.69) is 15.8 Å². The van der Waals surface area contributed by atoms with Crippen LogP contribution < -0.4 is 14.4 Å².